The standard InChI is InChI=1S/C11H11ClN2OS/c12-9-5-4-8(16-9)11-13-6-7-2-1-3-10(15)14(7)11/h4-6,10,15H,1-3H2. The number of hydrogen-bond donors (Lipinski definition) is 1. The minimum absolute atomic E-state index is 0.442. The fourth-order valence-corrected chi connectivity index (χ4v) is 3.16. The van der Waals surface area contributed by atoms with E-state index >= 15 is 0 Å². The highest BCUT2D eigenvalue weighted by atomic mass is 35.5. The summed E-state index contributed by atoms with van der Waals surface area (Å²) in [7, 11) is 0. The largest absolute Gasteiger partial charge is 0.373 e. The minimum atomic E-state index is -0.442. The van der Waals surface area contributed by atoms with Gasteiger partial charge in [-0.1, -0.05) is 11.6 Å². The molecule has 16 heavy (non-hydrogen) atoms. The Hall–Kier alpha value is -0.840. The summed E-state index contributed by atoms with van der Waals surface area (Å²) in [5.74, 6) is 0.833. The van der Waals surface area contributed by atoms with Crippen LogP contribution < -0.4 is 0 Å². The van der Waals surface area contributed by atoms with Gasteiger partial charge in [0.05, 0.1) is 9.21 Å². The van der Waals surface area contributed by atoms with Gasteiger partial charge in [-0.25, -0.2) is 4.98 Å². The van der Waals surface area contributed by atoms with Gasteiger partial charge in [-0.2, -0.15) is 0 Å². The van der Waals surface area contributed by atoms with Gasteiger partial charge in [-0.05, 0) is 31.4 Å². The molecule has 3 heterocycles. The second-order valence-corrected chi connectivity index (χ2v) is 5.63. The topological polar surface area (TPSA) is 38.1 Å². The van der Waals surface area contributed by atoms with Gasteiger partial charge in [0, 0.05) is 11.9 Å². The lowest BCUT2D eigenvalue weighted by Crippen LogP contribution is -2.17. The summed E-state index contributed by atoms with van der Waals surface area (Å²) < 4.78 is 2.67. The van der Waals surface area contributed by atoms with Crippen LogP contribution in [0.5, 0.6) is 0 Å². The van der Waals surface area contributed by atoms with Crippen LogP contribution in [0.3, 0.4) is 0 Å². The molecule has 1 unspecified atom stereocenters. The normalized spacial score (nSPS) is 19.8. The van der Waals surface area contributed by atoms with Crippen molar-refractivity contribution in [2.24, 2.45) is 0 Å². The van der Waals surface area contributed by atoms with Crippen LogP contribution in [0.15, 0.2) is 18.3 Å². The van der Waals surface area contributed by atoms with Crippen molar-refractivity contribution in [1.82, 2.24) is 9.55 Å². The van der Waals surface area contributed by atoms with E-state index in [4.69, 9.17) is 11.6 Å². The molecular formula is C11H11ClN2OS. The Labute approximate surface area is 102 Å². The fourth-order valence-electron chi connectivity index (χ4n) is 2.13. The van der Waals surface area contributed by atoms with E-state index in [-0.39, 0.29) is 0 Å². The van der Waals surface area contributed by atoms with Crippen molar-refractivity contribution < 1.29 is 5.11 Å². The second kappa shape index (κ2) is 3.87. The first kappa shape index (κ1) is 10.3. The first-order chi connectivity index (χ1) is 7.75. The smallest absolute Gasteiger partial charge is 0.152 e. The molecule has 0 spiro atoms. The Balaban J connectivity index is 2.12. The van der Waals surface area contributed by atoms with E-state index in [9.17, 15) is 5.11 Å². The van der Waals surface area contributed by atoms with Gasteiger partial charge in [-0.3, -0.25) is 0 Å². The van der Waals surface area contributed by atoms with Crippen LogP contribution in [0, 0.1) is 0 Å². The van der Waals surface area contributed by atoms with Crippen LogP contribution in [-0.4, -0.2) is 14.7 Å². The second-order valence-electron chi connectivity index (χ2n) is 3.92. The average Bonchev–Trinajstić information content (AvgIpc) is 2.84. The first-order valence-electron chi connectivity index (χ1n) is 5.25. The number of imidazole rings is 1. The molecule has 2 aromatic heterocycles. The zero-order valence-corrected chi connectivity index (χ0v) is 10.1. The number of hydrogen-bond acceptors (Lipinski definition) is 3. The number of nitrogens with zero attached hydrogens (tertiary/aromatic N) is 2. The Kier molecular flexibility index (Phi) is 2.50. The molecule has 1 atom stereocenters. The molecule has 0 radical (unpaired) electrons. The Bertz CT molecular complexity index is 520. The lowest BCUT2D eigenvalue weighted by Gasteiger charge is -2.22. The summed E-state index contributed by atoms with van der Waals surface area (Å²) in [4.78, 5) is 5.40. The predicted molar refractivity (Wildman–Crippen MR) is 64.7 cm³/mol. The number of thiophene rings is 1. The Morgan fingerprint density at radius 1 is 1.50 bits per heavy atom. The number of fused-ring (bicyclic) bond motifs is 1. The Morgan fingerprint density at radius 3 is 3.12 bits per heavy atom. The summed E-state index contributed by atoms with van der Waals surface area (Å²) in [6.07, 6.45) is 4.23. The predicted octanol–water partition coefficient (Wildman–Crippen LogP) is 3.09. The van der Waals surface area contributed by atoms with Crippen LogP contribution in [0.25, 0.3) is 10.7 Å². The summed E-state index contributed by atoms with van der Waals surface area (Å²) >= 11 is 7.41. The van der Waals surface area contributed by atoms with Crippen LogP contribution in [0.2, 0.25) is 4.34 Å². The third kappa shape index (κ3) is 1.57. The Morgan fingerprint density at radius 2 is 2.38 bits per heavy atom. The van der Waals surface area contributed by atoms with Gasteiger partial charge in [0.15, 0.2) is 5.82 Å². The molecule has 0 amide bonds. The molecule has 3 rings (SSSR count). The van der Waals surface area contributed by atoms with Crippen molar-refractivity contribution in [3.63, 3.8) is 0 Å². The van der Waals surface area contributed by atoms with Crippen molar-refractivity contribution in [1.29, 1.82) is 0 Å². The molecule has 2 aromatic rings. The lowest BCUT2D eigenvalue weighted by molar-refractivity contribution is 0.0807. The third-order valence-corrected chi connectivity index (χ3v) is 4.09. The molecule has 5 heteroatoms. The fraction of sp³-hybridized carbons (Fsp3) is 0.364. The molecule has 1 N–H and O–H groups in total. The number of aromatic nitrogens is 2. The van der Waals surface area contributed by atoms with E-state index in [1.807, 2.05) is 22.9 Å². The van der Waals surface area contributed by atoms with Crippen LogP contribution in [0.4, 0.5) is 0 Å². The molecule has 0 bridgehead atoms. The van der Waals surface area contributed by atoms with E-state index in [1.165, 1.54) is 11.3 Å². The zero-order valence-electron chi connectivity index (χ0n) is 8.56. The monoisotopic (exact) mass is 254 g/mol. The van der Waals surface area contributed by atoms with E-state index < -0.39 is 6.23 Å². The summed E-state index contributed by atoms with van der Waals surface area (Å²) in [6.45, 7) is 0. The number of halogens is 1. The molecule has 0 saturated heterocycles. The molecule has 0 aliphatic carbocycles. The molecule has 0 saturated carbocycles. The molecule has 84 valence electrons. The van der Waals surface area contributed by atoms with E-state index in [2.05, 4.69) is 4.98 Å². The SMILES string of the molecule is OC1CCCc2cnc(-c3ccc(Cl)s3)n21. The van der Waals surface area contributed by atoms with Crippen LogP contribution in [-0.2, 0) is 6.42 Å². The highest BCUT2D eigenvalue weighted by Gasteiger charge is 2.22. The molecule has 0 fully saturated rings. The molecule has 0 aromatic carbocycles. The molecule has 1 aliphatic heterocycles. The van der Waals surface area contributed by atoms with Crippen molar-refractivity contribution in [2.45, 2.75) is 25.5 Å². The number of aliphatic hydroxyl groups excluding tert-OH is 1. The van der Waals surface area contributed by atoms with Crippen molar-refractivity contribution in [3.05, 3.63) is 28.4 Å². The van der Waals surface area contributed by atoms with Gasteiger partial charge in [0.25, 0.3) is 0 Å². The van der Waals surface area contributed by atoms with Gasteiger partial charge < -0.3 is 9.67 Å². The van der Waals surface area contributed by atoms with E-state index in [0.717, 1.165) is 40.0 Å². The molecular weight excluding hydrogens is 244 g/mol. The third-order valence-electron chi connectivity index (χ3n) is 2.86. The maximum Gasteiger partial charge on any atom is 0.152 e. The maximum atomic E-state index is 9.99. The van der Waals surface area contributed by atoms with Crippen molar-refractivity contribution >= 4 is 22.9 Å². The summed E-state index contributed by atoms with van der Waals surface area (Å²) in [5.41, 5.74) is 1.11. The average molecular weight is 255 g/mol. The van der Waals surface area contributed by atoms with E-state index in [1.54, 1.807) is 0 Å². The zero-order chi connectivity index (χ0) is 11.1. The van der Waals surface area contributed by atoms with Crippen molar-refractivity contribution in [3.8, 4) is 10.7 Å². The number of aryl methyl sites for hydroxylation is 1. The van der Waals surface area contributed by atoms with Gasteiger partial charge in [0.2, 0.25) is 0 Å². The highest BCUT2D eigenvalue weighted by Crippen LogP contribution is 2.34. The summed E-state index contributed by atoms with van der Waals surface area (Å²) in [5, 5.41) is 9.99. The summed E-state index contributed by atoms with van der Waals surface area (Å²) in [6, 6.07) is 3.81. The first-order valence-corrected chi connectivity index (χ1v) is 6.45. The van der Waals surface area contributed by atoms with Gasteiger partial charge in [-0.15, -0.1) is 11.3 Å². The van der Waals surface area contributed by atoms with E-state index in [0.29, 0.717) is 0 Å². The minimum Gasteiger partial charge on any atom is -0.373 e. The number of aliphatic hydroxyl groups is 1. The lowest BCUT2D eigenvalue weighted by atomic mass is 10.1. The molecule has 1 aliphatic rings. The van der Waals surface area contributed by atoms with Crippen LogP contribution in [0.1, 0.15) is 24.8 Å². The van der Waals surface area contributed by atoms with Crippen LogP contribution >= 0.6 is 22.9 Å². The molecule has 3 nitrogen and oxygen atoms in total. The quantitative estimate of drug-likeness (QED) is 0.849. The number of rotatable bonds is 1. The van der Waals surface area contributed by atoms with Crippen molar-refractivity contribution in [2.75, 3.05) is 0 Å². The highest BCUT2D eigenvalue weighted by molar-refractivity contribution is 7.19. The van der Waals surface area contributed by atoms with Gasteiger partial charge in [0.1, 0.15) is 6.23 Å². The maximum absolute atomic E-state index is 9.99. The van der Waals surface area contributed by atoms with Gasteiger partial charge >= 0.3 is 0 Å².